The summed E-state index contributed by atoms with van der Waals surface area (Å²) in [4.78, 5) is 2.51. The van der Waals surface area contributed by atoms with Crippen LogP contribution in [0.4, 0.5) is 0 Å². The van der Waals surface area contributed by atoms with E-state index in [4.69, 9.17) is 4.74 Å². The Labute approximate surface area is 101 Å². The molecule has 1 aliphatic heterocycles. The summed E-state index contributed by atoms with van der Waals surface area (Å²) in [6.45, 7) is 10.9. The molecular formula is C13H28N2O. The van der Waals surface area contributed by atoms with Crippen LogP contribution >= 0.6 is 0 Å². The van der Waals surface area contributed by atoms with Gasteiger partial charge in [-0.2, -0.15) is 0 Å². The van der Waals surface area contributed by atoms with Crippen LogP contribution in [0.15, 0.2) is 0 Å². The van der Waals surface area contributed by atoms with Gasteiger partial charge in [0.25, 0.3) is 0 Å². The number of nitrogens with one attached hydrogen (secondary N) is 1. The molecule has 16 heavy (non-hydrogen) atoms. The minimum absolute atomic E-state index is 0.593. The predicted octanol–water partition coefficient (Wildman–Crippen LogP) is 1.73. The summed E-state index contributed by atoms with van der Waals surface area (Å²) in [7, 11) is 2.25. The molecule has 1 unspecified atom stereocenters. The largest absolute Gasteiger partial charge is 0.381 e. The van der Waals surface area contributed by atoms with Crippen molar-refractivity contribution in [2.75, 3.05) is 33.4 Å². The van der Waals surface area contributed by atoms with Gasteiger partial charge < -0.3 is 15.0 Å². The molecule has 1 N–H and O–H groups in total. The highest BCUT2D eigenvalue weighted by Gasteiger charge is 2.19. The van der Waals surface area contributed by atoms with Crippen LogP contribution in [0.5, 0.6) is 0 Å². The zero-order valence-electron chi connectivity index (χ0n) is 11.3. The van der Waals surface area contributed by atoms with Crippen molar-refractivity contribution in [1.82, 2.24) is 10.2 Å². The Morgan fingerprint density at radius 2 is 1.88 bits per heavy atom. The van der Waals surface area contributed by atoms with E-state index in [1.807, 2.05) is 0 Å². The highest BCUT2D eigenvalue weighted by molar-refractivity contribution is 4.74. The van der Waals surface area contributed by atoms with Crippen molar-refractivity contribution in [2.45, 2.75) is 45.7 Å². The molecule has 0 aromatic rings. The first-order valence-electron chi connectivity index (χ1n) is 6.61. The van der Waals surface area contributed by atoms with Gasteiger partial charge in [-0.15, -0.1) is 0 Å². The lowest BCUT2D eigenvalue weighted by atomic mass is 10.1. The normalized spacial score (nSPS) is 20.6. The highest BCUT2D eigenvalue weighted by atomic mass is 16.5. The molecule has 0 aliphatic carbocycles. The second-order valence-corrected chi connectivity index (χ2v) is 5.45. The summed E-state index contributed by atoms with van der Waals surface area (Å²) in [5.41, 5.74) is 0. The lowest BCUT2D eigenvalue weighted by Gasteiger charge is -2.33. The van der Waals surface area contributed by atoms with Crippen molar-refractivity contribution >= 4 is 0 Å². The second kappa shape index (κ2) is 7.25. The molecule has 1 fully saturated rings. The number of ether oxygens (including phenoxy) is 1. The van der Waals surface area contributed by atoms with E-state index < -0.39 is 0 Å². The van der Waals surface area contributed by atoms with Crippen molar-refractivity contribution < 1.29 is 4.74 Å². The summed E-state index contributed by atoms with van der Waals surface area (Å²) in [6, 6.07) is 1.33. The summed E-state index contributed by atoms with van der Waals surface area (Å²) in [5, 5.41) is 3.50. The van der Waals surface area contributed by atoms with Gasteiger partial charge in [0.1, 0.15) is 0 Å². The van der Waals surface area contributed by atoms with E-state index in [-0.39, 0.29) is 0 Å². The fourth-order valence-corrected chi connectivity index (χ4v) is 2.27. The van der Waals surface area contributed by atoms with Gasteiger partial charge >= 0.3 is 0 Å². The van der Waals surface area contributed by atoms with Crippen LogP contribution in [0, 0.1) is 5.92 Å². The van der Waals surface area contributed by atoms with E-state index in [9.17, 15) is 0 Å². The highest BCUT2D eigenvalue weighted by Crippen LogP contribution is 2.13. The first-order valence-corrected chi connectivity index (χ1v) is 6.61. The molecule has 0 radical (unpaired) electrons. The third-order valence-corrected chi connectivity index (χ3v) is 3.29. The molecule has 3 heteroatoms. The van der Waals surface area contributed by atoms with Crippen LogP contribution in [0.2, 0.25) is 0 Å². The van der Waals surface area contributed by atoms with Gasteiger partial charge in [-0.1, -0.05) is 20.8 Å². The average Bonchev–Trinajstić information content (AvgIpc) is 2.27. The van der Waals surface area contributed by atoms with Gasteiger partial charge in [-0.3, -0.25) is 0 Å². The topological polar surface area (TPSA) is 24.5 Å². The summed E-state index contributed by atoms with van der Waals surface area (Å²) in [6.07, 6.45) is 2.39. The molecule has 96 valence electrons. The Balaban J connectivity index is 2.18. The SMILES string of the molecule is CC(CNC(C)C)CN(C)C1CCOCC1. The molecule has 1 heterocycles. The molecule has 0 spiro atoms. The second-order valence-electron chi connectivity index (χ2n) is 5.45. The number of nitrogens with zero attached hydrogens (tertiary/aromatic N) is 1. The zero-order valence-corrected chi connectivity index (χ0v) is 11.3. The summed E-state index contributed by atoms with van der Waals surface area (Å²) < 4.78 is 5.39. The van der Waals surface area contributed by atoms with Crippen LogP contribution < -0.4 is 5.32 Å². The molecule has 0 amide bonds. The lowest BCUT2D eigenvalue weighted by Crippen LogP contribution is -2.41. The third kappa shape index (κ3) is 5.28. The molecule has 1 atom stereocenters. The predicted molar refractivity (Wildman–Crippen MR) is 68.8 cm³/mol. The van der Waals surface area contributed by atoms with Gasteiger partial charge in [0.15, 0.2) is 0 Å². The lowest BCUT2D eigenvalue weighted by molar-refractivity contribution is 0.0389. The smallest absolute Gasteiger partial charge is 0.0480 e. The van der Waals surface area contributed by atoms with Crippen molar-refractivity contribution in [2.24, 2.45) is 5.92 Å². The molecule has 1 aliphatic rings. The maximum absolute atomic E-state index is 5.39. The molecular weight excluding hydrogens is 200 g/mol. The van der Waals surface area contributed by atoms with Crippen LogP contribution in [0.25, 0.3) is 0 Å². The maximum atomic E-state index is 5.39. The molecule has 3 nitrogen and oxygen atoms in total. The summed E-state index contributed by atoms with van der Waals surface area (Å²) >= 11 is 0. The van der Waals surface area contributed by atoms with Crippen molar-refractivity contribution in [3.63, 3.8) is 0 Å². The van der Waals surface area contributed by atoms with E-state index in [2.05, 4.69) is 38.0 Å². The summed E-state index contributed by atoms with van der Waals surface area (Å²) in [5.74, 6) is 0.718. The number of rotatable bonds is 6. The average molecular weight is 228 g/mol. The Hall–Kier alpha value is -0.120. The Kier molecular flexibility index (Phi) is 6.32. The van der Waals surface area contributed by atoms with E-state index in [1.54, 1.807) is 0 Å². The molecule has 0 aromatic carbocycles. The molecule has 1 rings (SSSR count). The Bertz CT molecular complexity index is 179. The first-order chi connectivity index (χ1) is 7.59. The Morgan fingerprint density at radius 1 is 1.25 bits per heavy atom. The fourth-order valence-electron chi connectivity index (χ4n) is 2.27. The van der Waals surface area contributed by atoms with Gasteiger partial charge in [-0.25, -0.2) is 0 Å². The van der Waals surface area contributed by atoms with Crippen molar-refractivity contribution in [3.8, 4) is 0 Å². The molecule has 0 saturated carbocycles. The van der Waals surface area contributed by atoms with Gasteiger partial charge in [-0.05, 0) is 32.4 Å². The minimum atomic E-state index is 0.593. The van der Waals surface area contributed by atoms with E-state index in [0.29, 0.717) is 6.04 Å². The van der Waals surface area contributed by atoms with Crippen molar-refractivity contribution in [3.05, 3.63) is 0 Å². The van der Waals surface area contributed by atoms with Crippen molar-refractivity contribution in [1.29, 1.82) is 0 Å². The minimum Gasteiger partial charge on any atom is -0.381 e. The van der Waals surface area contributed by atoms with Gasteiger partial charge in [0.2, 0.25) is 0 Å². The van der Waals surface area contributed by atoms with E-state index in [1.165, 1.54) is 19.4 Å². The maximum Gasteiger partial charge on any atom is 0.0480 e. The van der Waals surface area contributed by atoms with Crippen LogP contribution in [-0.2, 0) is 4.74 Å². The first kappa shape index (κ1) is 13.9. The fraction of sp³-hybridized carbons (Fsp3) is 1.00. The van der Waals surface area contributed by atoms with E-state index >= 15 is 0 Å². The number of hydrogen-bond acceptors (Lipinski definition) is 3. The third-order valence-electron chi connectivity index (χ3n) is 3.29. The number of hydrogen-bond donors (Lipinski definition) is 1. The standard InChI is InChI=1S/C13H28N2O/c1-11(2)14-9-12(3)10-15(4)13-5-7-16-8-6-13/h11-14H,5-10H2,1-4H3. The quantitative estimate of drug-likeness (QED) is 0.749. The molecule has 0 bridgehead atoms. The Morgan fingerprint density at radius 3 is 2.44 bits per heavy atom. The van der Waals surface area contributed by atoms with Crippen LogP contribution in [0.3, 0.4) is 0 Å². The monoisotopic (exact) mass is 228 g/mol. The van der Waals surface area contributed by atoms with E-state index in [0.717, 1.165) is 31.7 Å². The zero-order chi connectivity index (χ0) is 12.0. The van der Waals surface area contributed by atoms with Crippen LogP contribution in [-0.4, -0.2) is 50.3 Å². The van der Waals surface area contributed by atoms with Gasteiger partial charge in [0.05, 0.1) is 0 Å². The van der Waals surface area contributed by atoms with Crippen LogP contribution in [0.1, 0.15) is 33.6 Å². The molecule has 0 aromatic heterocycles. The molecule has 1 saturated heterocycles. The van der Waals surface area contributed by atoms with Gasteiger partial charge in [0, 0.05) is 31.8 Å².